The van der Waals surface area contributed by atoms with Gasteiger partial charge in [0, 0.05) is 24.0 Å². The van der Waals surface area contributed by atoms with Crippen LogP contribution in [-0.2, 0) is 14.2 Å². The van der Waals surface area contributed by atoms with Crippen LogP contribution in [0.3, 0.4) is 0 Å². The first kappa shape index (κ1) is 19.1. The largest absolute Gasteiger partial charge is 0.462 e. The van der Waals surface area contributed by atoms with Gasteiger partial charge >= 0.3 is 5.97 Å². The molecule has 2 heterocycles. The highest BCUT2D eigenvalue weighted by molar-refractivity contribution is 5.93. The van der Waals surface area contributed by atoms with Crippen LogP contribution in [0, 0.1) is 6.92 Å². The second kappa shape index (κ2) is 8.02. The molecule has 0 amide bonds. The Labute approximate surface area is 166 Å². The van der Waals surface area contributed by atoms with Gasteiger partial charge in [-0.15, -0.1) is 0 Å². The minimum Gasteiger partial charge on any atom is -0.462 e. The lowest BCUT2D eigenvalue weighted by Gasteiger charge is -2.32. The molecule has 1 saturated heterocycles. The Balaban J connectivity index is 1.74. The maximum absolute atomic E-state index is 12.7. The fourth-order valence-corrected chi connectivity index (χ4v) is 4.24. The molecule has 1 aromatic carbocycles. The summed E-state index contributed by atoms with van der Waals surface area (Å²) in [6.07, 6.45) is 4.98. The van der Waals surface area contributed by atoms with Gasteiger partial charge in [0.25, 0.3) is 0 Å². The van der Waals surface area contributed by atoms with Gasteiger partial charge in [0.05, 0.1) is 30.2 Å². The molecule has 4 rings (SSSR count). The van der Waals surface area contributed by atoms with Gasteiger partial charge < -0.3 is 14.2 Å². The lowest BCUT2D eigenvalue weighted by molar-refractivity contribution is -0.187. The summed E-state index contributed by atoms with van der Waals surface area (Å²) in [6.45, 7) is 4.44. The van der Waals surface area contributed by atoms with Crippen molar-refractivity contribution in [2.24, 2.45) is 0 Å². The van der Waals surface area contributed by atoms with E-state index in [4.69, 9.17) is 14.2 Å². The first-order valence-electron chi connectivity index (χ1n) is 10.2. The second-order valence-electron chi connectivity index (χ2n) is 7.53. The Hall–Kier alpha value is -2.24. The highest BCUT2D eigenvalue weighted by atomic mass is 16.7. The number of carbonyl (C=O) groups excluding carboxylic acids is 1. The van der Waals surface area contributed by atoms with Crippen LogP contribution in [0.5, 0.6) is 0 Å². The van der Waals surface area contributed by atoms with Gasteiger partial charge in [0.15, 0.2) is 5.79 Å². The van der Waals surface area contributed by atoms with E-state index in [1.165, 1.54) is 6.42 Å². The Morgan fingerprint density at radius 2 is 1.96 bits per heavy atom. The smallest absolute Gasteiger partial charge is 0.340 e. The number of carbonyl (C=O) groups is 1. The molecule has 1 atom stereocenters. The number of nitrogens with zero attached hydrogens (tertiary/aromatic N) is 1. The van der Waals surface area contributed by atoms with Crippen LogP contribution in [-0.4, -0.2) is 30.0 Å². The summed E-state index contributed by atoms with van der Waals surface area (Å²) in [5.74, 6) is -0.853. The summed E-state index contributed by atoms with van der Waals surface area (Å²) in [7, 11) is 0. The number of benzene rings is 1. The first-order valence-corrected chi connectivity index (χ1v) is 10.2. The van der Waals surface area contributed by atoms with Crippen molar-refractivity contribution in [1.29, 1.82) is 0 Å². The van der Waals surface area contributed by atoms with E-state index in [0.29, 0.717) is 24.5 Å². The minimum atomic E-state index is -0.501. The number of ether oxygens (including phenoxy) is 3. The summed E-state index contributed by atoms with van der Waals surface area (Å²) in [5, 5.41) is 0. The van der Waals surface area contributed by atoms with E-state index in [2.05, 4.69) is 4.98 Å². The van der Waals surface area contributed by atoms with Crippen molar-refractivity contribution in [3.8, 4) is 11.3 Å². The zero-order valence-electron chi connectivity index (χ0n) is 16.6. The van der Waals surface area contributed by atoms with Crippen LogP contribution >= 0.6 is 0 Å². The number of hydrogen-bond donors (Lipinski definition) is 0. The van der Waals surface area contributed by atoms with E-state index >= 15 is 0 Å². The Bertz CT molecular complexity index is 843. The molecule has 0 radical (unpaired) electrons. The van der Waals surface area contributed by atoms with Crippen LogP contribution in [0.15, 0.2) is 36.4 Å². The second-order valence-corrected chi connectivity index (χ2v) is 7.53. The third kappa shape index (κ3) is 3.69. The van der Waals surface area contributed by atoms with E-state index in [9.17, 15) is 4.79 Å². The standard InChI is InChI=1S/C23H27NO4/c1-3-26-22(25)21-16(2)24-19(17-10-6-4-7-11-17)14-18(21)20-15-27-23(28-20)12-8-5-9-13-23/h4,6-7,10-11,14,20H,3,5,8-9,12-13,15H2,1-2H3. The quantitative estimate of drug-likeness (QED) is 0.699. The molecule has 1 unspecified atom stereocenters. The lowest BCUT2D eigenvalue weighted by Crippen LogP contribution is -2.32. The molecule has 1 aromatic heterocycles. The molecule has 0 bridgehead atoms. The molecular formula is C23H27NO4. The van der Waals surface area contributed by atoms with Gasteiger partial charge in [0.1, 0.15) is 6.10 Å². The van der Waals surface area contributed by atoms with E-state index < -0.39 is 5.79 Å². The summed E-state index contributed by atoms with van der Waals surface area (Å²) in [5.41, 5.74) is 3.81. The number of esters is 1. The number of pyridine rings is 1. The van der Waals surface area contributed by atoms with E-state index in [0.717, 1.165) is 42.5 Å². The maximum atomic E-state index is 12.7. The van der Waals surface area contributed by atoms with E-state index in [1.54, 1.807) is 0 Å². The fraction of sp³-hybridized carbons (Fsp3) is 0.478. The third-order valence-electron chi connectivity index (χ3n) is 5.60. The van der Waals surface area contributed by atoms with Crippen LogP contribution < -0.4 is 0 Å². The predicted octanol–water partition coefficient (Wildman–Crippen LogP) is 4.98. The average Bonchev–Trinajstić information content (AvgIpc) is 3.12. The zero-order chi connectivity index (χ0) is 19.6. The topological polar surface area (TPSA) is 57.7 Å². The van der Waals surface area contributed by atoms with Crippen LogP contribution in [0.4, 0.5) is 0 Å². The number of aromatic nitrogens is 1. The fourth-order valence-electron chi connectivity index (χ4n) is 4.24. The van der Waals surface area contributed by atoms with E-state index in [-0.39, 0.29) is 12.1 Å². The minimum absolute atomic E-state index is 0.290. The number of aryl methyl sites for hydroxylation is 1. The number of hydrogen-bond acceptors (Lipinski definition) is 5. The Morgan fingerprint density at radius 3 is 2.68 bits per heavy atom. The summed E-state index contributed by atoms with van der Waals surface area (Å²) < 4.78 is 17.9. The predicted molar refractivity (Wildman–Crippen MR) is 106 cm³/mol. The van der Waals surface area contributed by atoms with Gasteiger partial charge in [-0.05, 0) is 32.8 Å². The van der Waals surface area contributed by atoms with Crippen molar-refractivity contribution in [3.05, 3.63) is 53.2 Å². The van der Waals surface area contributed by atoms with Crippen molar-refractivity contribution >= 4 is 5.97 Å². The van der Waals surface area contributed by atoms with Gasteiger partial charge in [-0.3, -0.25) is 4.98 Å². The SMILES string of the molecule is CCOC(=O)c1c(C2COC3(CCCCC3)O2)cc(-c2ccccc2)nc1C. The molecule has 1 aliphatic heterocycles. The molecule has 5 nitrogen and oxygen atoms in total. The molecule has 1 spiro atoms. The molecule has 2 aromatic rings. The van der Waals surface area contributed by atoms with Crippen molar-refractivity contribution in [1.82, 2.24) is 4.98 Å². The zero-order valence-corrected chi connectivity index (χ0v) is 16.6. The molecule has 2 fully saturated rings. The molecule has 1 aliphatic carbocycles. The van der Waals surface area contributed by atoms with Crippen molar-refractivity contribution in [2.75, 3.05) is 13.2 Å². The summed E-state index contributed by atoms with van der Waals surface area (Å²) in [6, 6.07) is 11.9. The van der Waals surface area contributed by atoms with Crippen LogP contribution in [0.25, 0.3) is 11.3 Å². The summed E-state index contributed by atoms with van der Waals surface area (Å²) >= 11 is 0. The molecule has 148 valence electrons. The average molecular weight is 381 g/mol. The van der Waals surface area contributed by atoms with Crippen LogP contribution in [0.1, 0.15) is 66.7 Å². The summed E-state index contributed by atoms with van der Waals surface area (Å²) in [4.78, 5) is 17.4. The monoisotopic (exact) mass is 381 g/mol. The molecule has 2 aliphatic rings. The van der Waals surface area contributed by atoms with Crippen molar-refractivity contribution < 1.29 is 19.0 Å². The van der Waals surface area contributed by atoms with Gasteiger partial charge in [-0.1, -0.05) is 36.8 Å². The van der Waals surface area contributed by atoms with Crippen LogP contribution in [0.2, 0.25) is 0 Å². The highest BCUT2D eigenvalue weighted by Gasteiger charge is 2.44. The molecular weight excluding hydrogens is 354 g/mol. The van der Waals surface area contributed by atoms with Gasteiger partial charge in [-0.2, -0.15) is 0 Å². The van der Waals surface area contributed by atoms with Crippen molar-refractivity contribution in [2.45, 2.75) is 57.8 Å². The first-order chi connectivity index (χ1) is 13.6. The van der Waals surface area contributed by atoms with Gasteiger partial charge in [0.2, 0.25) is 0 Å². The molecule has 1 saturated carbocycles. The number of rotatable bonds is 4. The molecule has 5 heteroatoms. The lowest BCUT2D eigenvalue weighted by atomic mass is 9.94. The highest BCUT2D eigenvalue weighted by Crippen LogP contribution is 2.44. The van der Waals surface area contributed by atoms with Crippen molar-refractivity contribution in [3.63, 3.8) is 0 Å². The normalized spacial score (nSPS) is 21.0. The molecule has 0 N–H and O–H groups in total. The third-order valence-corrected chi connectivity index (χ3v) is 5.60. The Morgan fingerprint density at radius 1 is 1.21 bits per heavy atom. The van der Waals surface area contributed by atoms with E-state index in [1.807, 2.05) is 50.2 Å². The maximum Gasteiger partial charge on any atom is 0.340 e. The Kier molecular flexibility index (Phi) is 5.47. The van der Waals surface area contributed by atoms with Gasteiger partial charge in [-0.25, -0.2) is 4.79 Å². The molecule has 28 heavy (non-hydrogen) atoms.